The molecule has 0 saturated carbocycles. The molecule has 1 amide bonds. The van der Waals surface area contributed by atoms with E-state index in [0.29, 0.717) is 11.3 Å². The molecular formula is C15H11ClFNO3. The van der Waals surface area contributed by atoms with Crippen LogP contribution in [0, 0.1) is 5.82 Å². The predicted molar refractivity (Wildman–Crippen MR) is 77.1 cm³/mol. The van der Waals surface area contributed by atoms with Crippen LogP contribution in [0.2, 0.25) is 5.02 Å². The molecule has 2 aromatic carbocycles. The van der Waals surface area contributed by atoms with Crippen LogP contribution in [0.1, 0.15) is 17.3 Å². The van der Waals surface area contributed by atoms with Gasteiger partial charge in [0.2, 0.25) is 0 Å². The molecule has 108 valence electrons. The topological polar surface area (TPSA) is 55.4 Å². The van der Waals surface area contributed by atoms with Gasteiger partial charge in [0.05, 0.1) is 5.02 Å². The van der Waals surface area contributed by atoms with Crippen LogP contribution in [-0.4, -0.2) is 11.9 Å². The van der Waals surface area contributed by atoms with Crippen LogP contribution in [0.4, 0.5) is 10.1 Å². The van der Waals surface area contributed by atoms with Crippen molar-refractivity contribution in [2.45, 2.75) is 6.92 Å². The molecule has 0 spiro atoms. The van der Waals surface area contributed by atoms with Crippen LogP contribution in [0.3, 0.4) is 0 Å². The first-order chi connectivity index (χ1) is 9.95. The molecule has 0 aliphatic carbocycles. The number of nitrogens with one attached hydrogen (secondary N) is 1. The number of amides is 1. The first-order valence-corrected chi connectivity index (χ1v) is 6.38. The van der Waals surface area contributed by atoms with E-state index < -0.39 is 17.7 Å². The van der Waals surface area contributed by atoms with Crippen molar-refractivity contribution in [3.8, 4) is 5.75 Å². The largest absolute Gasteiger partial charge is 0.427 e. The quantitative estimate of drug-likeness (QED) is 0.695. The van der Waals surface area contributed by atoms with Crippen LogP contribution in [0.5, 0.6) is 5.75 Å². The lowest BCUT2D eigenvalue weighted by Crippen LogP contribution is -2.12. The summed E-state index contributed by atoms with van der Waals surface area (Å²) < 4.78 is 17.9. The molecule has 6 heteroatoms. The van der Waals surface area contributed by atoms with Crippen LogP contribution in [0.15, 0.2) is 42.5 Å². The summed E-state index contributed by atoms with van der Waals surface area (Å²) >= 11 is 5.64. The molecule has 1 N–H and O–H groups in total. The SMILES string of the molecule is CC(=O)Oc1cccc(C(=O)Nc2ccc(F)c(Cl)c2)c1. The van der Waals surface area contributed by atoms with Gasteiger partial charge in [-0.05, 0) is 36.4 Å². The average Bonchev–Trinajstić information content (AvgIpc) is 2.42. The molecule has 0 bridgehead atoms. The van der Waals surface area contributed by atoms with Gasteiger partial charge in [-0.15, -0.1) is 0 Å². The fraction of sp³-hybridized carbons (Fsp3) is 0.0667. The first-order valence-electron chi connectivity index (χ1n) is 6.00. The van der Waals surface area contributed by atoms with Crippen molar-refractivity contribution in [1.82, 2.24) is 0 Å². The van der Waals surface area contributed by atoms with Gasteiger partial charge in [-0.2, -0.15) is 0 Å². The Hall–Kier alpha value is -2.40. The smallest absolute Gasteiger partial charge is 0.308 e. The number of carbonyl (C=O) groups excluding carboxylic acids is 2. The number of esters is 1. The third-order valence-electron chi connectivity index (χ3n) is 2.54. The Morgan fingerprint density at radius 3 is 2.62 bits per heavy atom. The van der Waals surface area contributed by atoms with Gasteiger partial charge < -0.3 is 10.1 Å². The van der Waals surface area contributed by atoms with Crippen molar-refractivity contribution in [1.29, 1.82) is 0 Å². The lowest BCUT2D eigenvalue weighted by molar-refractivity contribution is -0.131. The van der Waals surface area contributed by atoms with Crippen molar-refractivity contribution < 1.29 is 18.7 Å². The Morgan fingerprint density at radius 2 is 1.95 bits per heavy atom. The highest BCUT2D eigenvalue weighted by Gasteiger charge is 2.09. The van der Waals surface area contributed by atoms with E-state index in [2.05, 4.69) is 5.32 Å². The second-order valence-electron chi connectivity index (χ2n) is 4.20. The van der Waals surface area contributed by atoms with E-state index >= 15 is 0 Å². The van der Waals surface area contributed by atoms with E-state index in [9.17, 15) is 14.0 Å². The highest BCUT2D eigenvalue weighted by molar-refractivity contribution is 6.31. The van der Waals surface area contributed by atoms with Crippen molar-refractivity contribution in [2.24, 2.45) is 0 Å². The monoisotopic (exact) mass is 307 g/mol. The Labute approximate surface area is 125 Å². The number of benzene rings is 2. The van der Waals surface area contributed by atoms with Gasteiger partial charge in [-0.1, -0.05) is 17.7 Å². The summed E-state index contributed by atoms with van der Waals surface area (Å²) in [6, 6.07) is 10.0. The van der Waals surface area contributed by atoms with E-state index in [-0.39, 0.29) is 10.8 Å². The summed E-state index contributed by atoms with van der Waals surface area (Å²) in [6.07, 6.45) is 0. The molecule has 0 radical (unpaired) electrons. The fourth-order valence-corrected chi connectivity index (χ4v) is 1.82. The van der Waals surface area contributed by atoms with E-state index in [1.807, 2.05) is 0 Å². The zero-order valence-corrected chi connectivity index (χ0v) is 11.8. The van der Waals surface area contributed by atoms with E-state index in [4.69, 9.17) is 16.3 Å². The summed E-state index contributed by atoms with van der Waals surface area (Å²) in [5.74, 6) is -1.19. The van der Waals surface area contributed by atoms with Crippen molar-refractivity contribution in [3.63, 3.8) is 0 Å². The fourth-order valence-electron chi connectivity index (χ4n) is 1.64. The molecule has 0 aliphatic heterocycles. The maximum atomic E-state index is 13.0. The average molecular weight is 308 g/mol. The Bertz CT molecular complexity index is 703. The van der Waals surface area contributed by atoms with Gasteiger partial charge in [-0.3, -0.25) is 9.59 Å². The molecule has 0 fully saturated rings. The molecule has 4 nitrogen and oxygen atoms in total. The van der Waals surface area contributed by atoms with E-state index in [1.54, 1.807) is 18.2 Å². The minimum Gasteiger partial charge on any atom is -0.427 e. The molecular weight excluding hydrogens is 297 g/mol. The van der Waals surface area contributed by atoms with Gasteiger partial charge >= 0.3 is 5.97 Å². The molecule has 0 saturated heterocycles. The number of ether oxygens (including phenoxy) is 1. The van der Waals surface area contributed by atoms with Crippen LogP contribution in [-0.2, 0) is 4.79 Å². The molecule has 0 aromatic heterocycles. The van der Waals surface area contributed by atoms with Crippen molar-refractivity contribution in [2.75, 3.05) is 5.32 Å². The van der Waals surface area contributed by atoms with Gasteiger partial charge in [0, 0.05) is 18.2 Å². The van der Waals surface area contributed by atoms with Gasteiger partial charge in [0.15, 0.2) is 0 Å². The molecule has 0 unspecified atom stereocenters. The highest BCUT2D eigenvalue weighted by atomic mass is 35.5. The number of hydrogen-bond acceptors (Lipinski definition) is 3. The second-order valence-corrected chi connectivity index (χ2v) is 4.61. The second kappa shape index (κ2) is 6.37. The molecule has 0 heterocycles. The Morgan fingerprint density at radius 1 is 1.19 bits per heavy atom. The lowest BCUT2D eigenvalue weighted by atomic mass is 10.2. The standard InChI is InChI=1S/C15H11ClFNO3/c1-9(19)21-12-4-2-3-10(7-12)15(20)18-11-5-6-14(17)13(16)8-11/h2-8H,1H3,(H,18,20). The number of anilines is 1. The third-order valence-corrected chi connectivity index (χ3v) is 2.82. The molecule has 21 heavy (non-hydrogen) atoms. The zero-order chi connectivity index (χ0) is 15.4. The predicted octanol–water partition coefficient (Wildman–Crippen LogP) is 3.66. The minimum absolute atomic E-state index is 0.0820. The number of carbonyl (C=O) groups is 2. The van der Waals surface area contributed by atoms with Gasteiger partial charge in [0.25, 0.3) is 5.91 Å². The van der Waals surface area contributed by atoms with Crippen molar-refractivity contribution in [3.05, 3.63) is 58.9 Å². The Balaban J connectivity index is 2.16. The van der Waals surface area contributed by atoms with E-state index in [1.165, 1.54) is 25.1 Å². The van der Waals surface area contributed by atoms with Crippen LogP contribution in [0.25, 0.3) is 0 Å². The summed E-state index contributed by atoms with van der Waals surface area (Å²) in [4.78, 5) is 22.9. The number of halogens is 2. The summed E-state index contributed by atoms with van der Waals surface area (Å²) in [7, 11) is 0. The minimum atomic E-state index is -0.563. The molecule has 2 rings (SSSR count). The number of rotatable bonds is 3. The normalized spacial score (nSPS) is 10.0. The van der Waals surface area contributed by atoms with Gasteiger partial charge in [0.1, 0.15) is 11.6 Å². The van der Waals surface area contributed by atoms with Crippen molar-refractivity contribution >= 4 is 29.2 Å². The summed E-state index contributed by atoms with van der Waals surface area (Å²) in [5, 5.41) is 2.49. The maximum Gasteiger partial charge on any atom is 0.308 e. The summed E-state index contributed by atoms with van der Waals surface area (Å²) in [6.45, 7) is 1.27. The summed E-state index contributed by atoms with van der Waals surface area (Å²) in [5.41, 5.74) is 0.665. The lowest BCUT2D eigenvalue weighted by Gasteiger charge is -2.07. The molecule has 2 aromatic rings. The van der Waals surface area contributed by atoms with E-state index in [0.717, 1.165) is 6.07 Å². The zero-order valence-electron chi connectivity index (χ0n) is 11.0. The first kappa shape index (κ1) is 15.0. The van der Waals surface area contributed by atoms with Crippen LogP contribution >= 0.6 is 11.6 Å². The Kier molecular flexibility index (Phi) is 4.55. The molecule has 0 atom stereocenters. The van der Waals surface area contributed by atoms with Gasteiger partial charge in [-0.25, -0.2) is 4.39 Å². The third kappa shape index (κ3) is 4.03. The number of hydrogen-bond donors (Lipinski definition) is 1. The maximum absolute atomic E-state index is 13.0. The highest BCUT2D eigenvalue weighted by Crippen LogP contribution is 2.20. The molecule has 0 aliphatic rings. The van der Waals surface area contributed by atoms with Crippen LogP contribution < -0.4 is 10.1 Å².